The second-order valence-electron chi connectivity index (χ2n) is 7.32. The Morgan fingerprint density at radius 2 is 1.68 bits per heavy atom. The number of carbonyl (C=O) groups excluding carboxylic acids is 1. The molecule has 0 saturated carbocycles. The maximum absolute atomic E-state index is 12.7. The number of hydrogen-bond donors (Lipinski definition) is 1. The van der Waals surface area contributed by atoms with Gasteiger partial charge in [-0.15, -0.1) is 11.3 Å². The highest BCUT2D eigenvalue weighted by Gasteiger charge is 2.19. The molecule has 0 fully saturated rings. The standard InChI is InChI=1S/C24H26N2OS/c27-24(25-13-15-26-14-11-23-21(18-26)12-16-28-23)17-22(19-7-3-1-4-8-19)20-9-5-2-6-10-20/h1-10,12,16,22H,11,13-15,17-18H2,(H,25,27). The van der Waals surface area contributed by atoms with Gasteiger partial charge in [0, 0.05) is 43.4 Å². The second kappa shape index (κ2) is 9.18. The first-order valence-corrected chi connectivity index (χ1v) is 10.8. The molecule has 4 heteroatoms. The Bertz CT molecular complexity index is 852. The Hall–Kier alpha value is -2.43. The normalized spacial score (nSPS) is 14.0. The molecule has 1 amide bonds. The Kier molecular flexibility index (Phi) is 6.20. The molecule has 144 valence electrons. The Morgan fingerprint density at radius 3 is 2.36 bits per heavy atom. The molecule has 0 spiro atoms. The molecule has 1 aliphatic rings. The zero-order valence-corrected chi connectivity index (χ0v) is 16.8. The lowest BCUT2D eigenvalue weighted by Gasteiger charge is -2.27. The molecule has 0 atom stereocenters. The van der Waals surface area contributed by atoms with E-state index < -0.39 is 0 Å². The predicted molar refractivity (Wildman–Crippen MR) is 116 cm³/mol. The molecule has 3 aromatic rings. The summed E-state index contributed by atoms with van der Waals surface area (Å²) in [5.41, 5.74) is 3.82. The van der Waals surface area contributed by atoms with Crippen molar-refractivity contribution in [2.45, 2.75) is 25.3 Å². The third-order valence-corrected chi connectivity index (χ3v) is 6.45. The highest BCUT2D eigenvalue weighted by molar-refractivity contribution is 7.10. The van der Waals surface area contributed by atoms with E-state index in [1.165, 1.54) is 21.6 Å². The van der Waals surface area contributed by atoms with Crippen LogP contribution in [0.1, 0.15) is 33.9 Å². The molecule has 2 aromatic carbocycles. The van der Waals surface area contributed by atoms with Crippen LogP contribution in [-0.4, -0.2) is 30.4 Å². The minimum Gasteiger partial charge on any atom is -0.355 e. The first kappa shape index (κ1) is 18.9. The van der Waals surface area contributed by atoms with E-state index in [-0.39, 0.29) is 11.8 Å². The van der Waals surface area contributed by atoms with Gasteiger partial charge in [-0.25, -0.2) is 0 Å². The van der Waals surface area contributed by atoms with Crippen LogP contribution in [0.4, 0.5) is 0 Å². The van der Waals surface area contributed by atoms with Crippen LogP contribution >= 0.6 is 11.3 Å². The van der Waals surface area contributed by atoms with Gasteiger partial charge >= 0.3 is 0 Å². The van der Waals surface area contributed by atoms with Crippen LogP contribution in [-0.2, 0) is 17.8 Å². The maximum atomic E-state index is 12.7. The molecule has 0 bridgehead atoms. The van der Waals surface area contributed by atoms with Crippen LogP contribution in [0.15, 0.2) is 72.1 Å². The van der Waals surface area contributed by atoms with Crippen molar-refractivity contribution < 1.29 is 4.79 Å². The molecule has 2 heterocycles. The molecule has 0 radical (unpaired) electrons. The first-order valence-electron chi connectivity index (χ1n) is 9.94. The van der Waals surface area contributed by atoms with E-state index in [1.807, 2.05) is 47.7 Å². The molecular formula is C24H26N2OS. The summed E-state index contributed by atoms with van der Waals surface area (Å²) < 4.78 is 0. The summed E-state index contributed by atoms with van der Waals surface area (Å²) in [5, 5.41) is 5.32. The summed E-state index contributed by atoms with van der Waals surface area (Å²) >= 11 is 1.86. The monoisotopic (exact) mass is 390 g/mol. The average Bonchev–Trinajstić information content (AvgIpc) is 3.21. The number of hydrogen-bond acceptors (Lipinski definition) is 3. The van der Waals surface area contributed by atoms with Gasteiger partial charge in [-0.2, -0.15) is 0 Å². The molecule has 1 aromatic heterocycles. The van der Waals surface area contributed by atoms with E-state index in [2.05, 4.69) is 45.9 Å². The summed E-state index contributed by atoms with van der Waals surface area (Å²) in [6.07, 6.45) is 1.60. The van der Waals surface area contributed by atoms with Gasteiger partial charge in [-0.1, -0.05) is 60.7 Å². The lowest BCUT2D eigenvalue weighted by atomic mass is 9.88. The van der Waals surface area contributed by atoms with Crippen molar-refractivity contribution in [3.63, 3.8) is 0 Å². The van der Waals surface area contributed by atoms with Gasteiger partial charge in [0.25, 0.3) is 0 Å². The van der Waals surface area contributed by atoms with Crippen LogP contribution in [0.25, 0.3) is 0 Å². The second-order valence-corrected chi connectivity index (χ2v) is 8.32. The van der Waals surface area contributed by atoms with E-state index in [9.17, 15) is 4.79 Å². The molecule has 1 N–H and O–H groups in total. The predicted octanol–water partition coefficient (Wildman–Crippen LogP) is 4.44. The molecule has 28 heavy (non-hydrogen) atoms. The Labute approximate surface area is 171 Å². The van der Waals surface area contributed by atoms with E-state index in [1.54, 1.807) is 0 Å². The average molecular weight is 391 g/mol. The number of amides is 1. The van der Waals surface area contributed by atoms with Gasteiger partial charge in [0.15, 0.2) is 0 Å². The third-order valence-electron chi connectivity index (χ3n) is 5.43. The number of carbonyl (C=O) groups is 1. The number of fused-ring (bicyclic) bond motifs is 1. The molecule has 0 aliphatic carbocycles. The Balaban J connectivity index is 1.32. The minimum absolute atomic E-state index is 0.0887. The summed E-state index contributed by atoms with van der Waals surface area (Å²) in [7, 11) is 0. The molecule has 4 rings (SSSR count). The Morgan fingerprint density at radius 1 is 1.00 bits per heavy atom. The van der Waals surface area contributed by atoms with Gasteiger partial charge < -0.3 is 5.32 Å². The number of thiophene rings is 1. The van der Waals surface area contributed by atoms with Crippen LogP contribution in [0.2, 0.25) is 0 Å². The van der Waals surface area contributed by atoms with Gasteiger partial charge in [0.05, 0.1) is 0 Å². The zero-order chi connectivity index (χ0) is 19.2. The topological polar surface area (TPSA) is 32.3 Å². The molecule has 1 aliphatic heterocycles. The zero-order valence-electron chi connectivity index (χ0n) is 16.0. The quantitative estimate of drug-likeness (QED) is 0.647. The first-order chi connectivity index (χ1) is 13.8. The van der Waals surface area contributed by atoms with Crippen LogP contribution in [0, 0.1) is 0 Å². The molecule has 3 nitrogen and oxygen atoms in total. The SMILES string of the molecule is O=C(CC(c1ccccc1)c1ccccc1)NCCN1CCc2sccc2C1. The van der Waals surface area contributed by atoms with Gasteiger partial charge in [0.1, 0.15) is 0 Å². The van der Waals surface area contributed by atoms with Crippen molar-refractivity contribution in [2.75, 3.05) is 19.6 Å². The summed E-state index contributed by atoms with van der Waals surface area (Å²) in [4.78, 5) is 16.6. The van der Waals surface area contributed by atoms with Gasteiger partial charge in [-0.3, -0.25) is 9.69 Å². The summed E-state index contributed by atoms with van der Waals surface area (Å²) in [6.45, 7) is 3.70. The molecule has 0 unspecified atom stereocenters. The van der Waals surface area contributed by atoms with E-state index in [0.717, 1.165) is 26.1 Å². The number of nitrogens with one attached hydrogen (secondary N) is 1. The lowest BCUT2D eigenvalue weighted by molar-refractivity contribution is -0.121. The summed E-state index contributed by atoms with van der Waals surface area (Å²) in [5.74, 6) is 0.205. The highest BCUT2D eigenvalue weighted by atomic mass is 32.1. The largest absolute Gasteiger partial charge is 0.355 e. The van der Waals surface area contributed by atoms with Gasteiger partial charge in [0.2, 0.25) is 5.91 Å². The minimum atomic E-state index is 0.0887. The fraction of sp³-hybridized carbons (Fsp3) is 0.292. The van der Waals surface area contributed by atoms with E-state index in [0.29, 0.717) is 13.0 Å². The van der Waals surface area contributed by atoms with E-state index in [4.69, 9.17) is 0 Å². The van der Waals surface area contributed by atoms with Crippen LogP contribution < -0.4 is 5.32 Å². The fourth-order valence-electron chi connectivity index (χ4n) is 3.91. The van der Waals surface area contributed by atoms with Crippen molar-refractivity contribution in [1.29, 1.82) is 0 Å². The fourth-order valence-corrected chi connectivity index (χ4v) is 4.80. The smallest absolute Gasteiger partial charge is 0.220 e. The van der Waals surface area contributed by atoms with Crippen molar-refractivity contribution >= 4 is 17.2 Å². The maximum Gasteiger partial charge on any atom is 0.220 e. The molecular weight excluding hydrogens is 364 g/mol. The number of nitrogens with zero attached hydrogens (tertiary/aromatic N) is 1. The van der Waals surface area contributed by atoms with Crippen molar-refractivity contribution in [1.82, 2.24) is 10.2 Å². The van der Waals surface area contributed by atoms with Crippen molar-refractivity contribution in [2.24, 2.45) is 0 Å². The van der Waals surface area contributed by atoms with Gasteiger partial charge in [-0.05, 0) is 34.6 Å². The number of benzene rings is 2. The van der Waals surface area contributed by atoms with Crippen molar-refractivity contribution in [3.05, 3.63) is 93.7 Å². The third kappa shape index (κ3) is 4.70. The summed E-state index contributed by atoms with van der Waals surface area (Å²) in [6, 6.07) is 22.9. The van der Waals surface area contributed by atoms with E-state index >= 15 is 0 Å². The molecule has 0 saturated heterocycles. The lowest BCUT2D eigenvalue weighted by Crippen LogP contribution is -2.37. The van der Waals surface area contributed by atoms with Crippen LogP contribution in [0.5, 0.6) is 0 Å². The van der Waals surface area contributed by atoms with Crippen molar-refractivity contribution in [3.8, 4) is 0 Å². The van der Waals surface area contributed by atoms with Crippen LogP contribution in [0.3, 0.4) is 0 Å². The highest BCUT2D eigenvalue weighted by Crippen LogP contribution is 2.28. The number of rotatable bonds is 7.